The van der Waals surface area contributed by atoms with Crippen LogP contribution in [0.4, 0.5) is 4.79 Å². The molecule has 0 radical (unpaired) electrons. The van der Waals surface area contributed by atoms with E-state index in [2.05, 4.69) is 42.2 Å². The van der Waals surface area contributed by atoms with Crippen LogP contribution in [0, 0.1) is 18.8 Å². The normalized spacial score (nSPS) is 15.9. The van der Waals surface area contributed by atoms with Gasteiger partial charge in [-0.05, 0) is 80.8 Å². The Morgan fingerprint density at radius 3 is 2.36 bits per heavy atom. The molecular weight excluding hydrogens is 770 g/mol. The Hall–Kier alpha value is -2.36. The SMILES string of the molecule is Cc1nc(CN2CCN([C@H](C(=O)N[C@@H](Cc3ccccc3)[C@H](O)CN(CC(C)C)S(=O)(=O)c3ccc(Br)c(Br)c3)C(C)C)C2=O)cs1. The van der Waals surface area contributed by atoms with Crippen molar-refractivity contribution in [1.29, 1.82) is 0 Å². The molecule has 1 aliphatic rings. The van der Waals surface area contributed by atoms with Gasteiger partial charge in [0.05, 0.1) is 34.3 Å². The number of aryl methyl sites for hydroxylation is 1. The molecule has 256 valence electrons. The van der Waals surface area contributed by atoms with Gasteiger partial charge in [0.15, 0.2) is 0 Å². The van der Waals surface area contributed by atoms with Gasteiger partial charge < -0.3 is 20.2 Å². The fourth-order valence-electron chi connectivity index (χ4n) is 5.71. The van der Waals surface area contributed by atoms with Gasteiger partial charge in [0, 0.05) is 40.5 Å². The molecule has 2 N–H and O–H groups in total. The Balaban J connectivity index is 1.58. The molecule has 3 aromatic rings. The molecule has 3 atom stereocenters. The van der Waals surface area contributed by atoms with E-state index >= 15 is 0 Å². The molecule has 14 heteroatoms. The van der Waals surface area contributed by atoms with E-state index in [9.17, 15) is 23.1 Å². The molecule has 3 amide bonds. The lowest BCUT2D eigenvalue weighted by atomic mass is 9.97. The van der Waals surface area contributed by atoms with E-state index in [0.29, 0.717) is 24.1 Å². The highest BCUT2D eigenvalue weighted by Gasteiger charge is 2.40. The highest BCUT2D eigenvalue weighted by atomic mass is 79.9. The Labute approximate surface area is 298 Å². The average Bonchev–Trinajstić information content (AvgIpc) is 3.58. The Bertz CT molecular complexity index is 1640. The number of nitrogens with zero attached hydrogens (tertiary/aromatic N) is 4. The topological polar surface area (TPSA) is 123 Å². The van der Waals surface area contributed by atoms with E-state index in [4.69, 9.17) is 0 Å². The number of benzene rings is 2. The molecule has 10 nitrogen and oxygen atoms in total. The largest absolute Gasteiger partial charge is 0.390 e. The van der Waals surface area contributed by atoms with Gasteiger partial charge in [-0.15, -0.1) is 11.3 Å². The van der Waals surface area contributed by atoms with Crippen LogP contribution in [0.5, 0.6) is 0 Å². The van der Waals surface area contributed by atoms with Crippen LogP contribution >= 0.6 is 43.2 Å². The second-order valence-corrected chi connectivity index (χ2v) is 17.3. The molecule has 1 aliphatic heterocycles. The van der Waals surface area contributed by atoms with Crippen LogP contribution in [0.2, 0.25) is 0 Å². The molecule has 0 bridgehead atoms. The molecule has 0 unspecified atom stereocenters. The number of urea groups is 1. The number of sulfonamides is 1. The second kappa shape index (κ2) is 16.4. The zero-order chi connectivity index (χ0) is 34.5. The number of nitrogens with one attached hydrogen (secondary N) is 1. The number of hydrogen-bond acceptors (Lipinski definition) is 7. The number of hydrogen-bond donors (Lipinski definition) is 2. The first kappa shape index (κ1) is 37.5. The summed E-state index contributed by atoms with van der Waals surface area (Å²) in [6.45, 7) is 10.7. The lowest BCUT2D eigenvalue weighted by Gasteiger charge is -2.34. The number of aliphatic hydroxyl groups is 1. The number of aliphatic hydroxyl groups excluding tert-OH is 1. The highest BCUT2D eigenvalue weighted by Crippen LogP contribution is 2.28. The maximum Gasteiger partial charge on any atom is 0.321 e. The summed E-state index contributed by atoms with van der Waals surface area (Å²) in [7, 11) is -4.00. The van der Waals surface area contributed by atoms with Crippen LogP contribution in [0.15, 0.2) is 67.8 Å². The first-order valence-electron chi connectivity index (χ1n) is 15.6. The molecule has 0 saturated carbocycles. The molecule has 2 aromatic carbocycles. The van der Waals surface area contributed by atoms with E-state index in [1.165, 1.54) is 27.8 Å². The molecular formula is C33H43Br2N5O5S2. The quantitative estimate of drug-likeness (QED) is 0.204. The summed E-state index contributed by atoms with van der Waals surface area (Å²) in [5.74, 6) is -0.640. The summed E-state index contributed by atoms with van der Waals surface area (Å²) in [4.78, 5) is 35.4. The predicted octanol–water partition coefficient (Wildman–Crippen LogP) is 5.67. The summed E-state index contributed by atoms with van der Waals surface area (Å²) < 4.78 is 30.4. The number of amides is 3. The van der Waals surface area contributed by atoms with Crippen LogP contribution in [0.25, 0.3) is 0 Å². The van der Waals surface area contributed by atoms with Gasteiger partial charge in [-0.1, -0.05) is 58.0 Å². The van der Waals surface area contributed by atoms with Crippen LogP contribution in [0.1, 0.15) is 44.0 Å². The molecule has 1 aromatic heterocycles. The van der Waals surface area contributed by atoms with Crippen molar-refractivity contribution in [3.05, 3.63) is 79.1 Å². The van der Waals surface area contributed by atoms with Gasteiger partial charge in [-0.3, -0.25) is 4.79 Å². The van der Waals surface area contributed by atoms with Gasteiger partial charge in [0.1, 0.15) is 6.04 Å². The van der Waals surface area contributed by atoms with Crippen molar-refractivity contribution in [2.45, 2.75) is 70.7 Å². The van der Waals surface area contributed by atoms with Gasteiger partial charge in [-0.2, -0.15) is 4.31 Å². The van der Waals surface area contributed by atoms with E-state index in [1.807, 2.05) is 70.3 Å². The third-order valence-electron chi connectivity index (χ3n) is 7.96. The van der Waals surface area contributed by atoms with Gasteiger partial charge in [0.25, 0.3) is 0 Å². The van der Waals surface area contributed by atoms with Crippen molar-refractivity contribution in [3.63, 3.8) is 0 Å². The van der Waals surface area contributed by atoms with Gasteiger partial charge in [-0.25, -0.2) is 18.2 Å². The van der Waals surface area contributed by atoms with Crippen LogP contribution in [-0.2, 0) is 27.8 Å². The number of halogens is 2. The summed E-state index contributed by atoms with van der Waals surface area (Å²) >= 11 is 8.31. The third-order valence-corrected chi connectivity index (χ3v) is 12.5. The van der Waals surface area contributed by atoms with Crippen molar-refractivity contribution < 1.29 is 23.1 Å². The lowest BCUT2D eigenvalue weighted by molar-refractivity contribution is -0.128. The first-order valence-corrected chi connectivity index (χ1v) is 19.5. The minimum Gasteiger partial charge on any atom is -0.390 e. The predicted molar refractivity (Wildman–Crippen MR) is 192 cm³/mol. The molecule has 0 aliphatic carbocycles. The third kappa shape index (κ3) is 9.63. The number of carbonyl (C=O) groups excluding carboxylic acids is 2. The molecule has 1 saturated heterocycles. The van der Waals surface area contributed by atoms with Crippen molar-refractivity contribution >= 4 is 65.2 Å². The number of carbonyl (C=O) groups is 2. The Morgan fingerprint density at radius 1 is 1.06 bits per heavy atom. The fourth-order valence-corrected chi connectivity index (χ4v) is 8.74. The van der Waals surface area contributed by atoms with Gasteiger partial charge in [0.2, 0.25) is 15.9 Å². The van der Waals surface area contributed by atoms with E-state index in [1.54, 1.807) is 15.9 Å². The summed E-state index contributed by atoms with van der Waals surface area (Å²) in [5, 5.41) is 17.6. The zero-order valence-electron chi connectivity index (χ0n) is 27.3. The Kier molecular flexibility index (Phi) is 13.0. The second-order valence-electron chi connectivity index (χ2n) is 12.6. The van der Waals surface area contributed by atoms with Crippen molar-refractivity contribution in [2.24, 2.45) is 11.8 Å². The average molecular weight is 814 g/mol. The van der Waals surface area contributed by atoms with Crippen molar-refractivity contribution in [1.82, 2.24) is 24.4 Å². The molecule has 2 heterocycles. The standard InChI is InChI=1S/C33H43Br2N5O5S2/c1-21(2)17-39(47(44,45)26-11-12-27(34)28(35)16-26)19-30(41)29(15-24-9-7-6-8-10-24)37-32(42)31(22(3)4)40-14-13-38(33(40)43)18-25-20-46-23(5)36-25/h6-12,16,20-22,29-31,41H,13-15,17-19H2,1-5H3,(H,37,42)/t29-,30+,31-/m0/s1. The summed E-state index contributed by atoms with van der Waals surface area (Å²) in [6.07, 6.45) is -0.987. The monoisotopic (exact) mass is 811 g/mol. The molecule has 1 fully saturated rings. The van der Waals surface area contributed by atoms with E-state index in [-0.39, 0.29) is 42.3 Å². The number of aromatic nitrogens is 1. The molecule has 4 rings (SSSR count). The van der Waals surface area contributed by atoms with E-state index < -0.39 is 34.1 Å². The minimum atomic E-state index is -4.00. The highest BCUT2D eigenvalue weighted by molar-refractivity contribution is 9.13. The van der Waals surface area contributed by atoms with Crippen LogP contribution < -0.4 is 5.32 Å². The summed E-state index contributed by atoms with van der Waals surface area (Å²) in [5.41, 5.74) is 1.69. The minimum absolute atomic E-state index is 0.0272. The van der Waals surface area contributed by atoms with Crippen molar-refractivity contribution in [3.8, 4) is 0 Å². The maximum atomic E-state index is 14.1. The summed E-state index contributed by atoms with van der Waals surface area (Å²) in [6, 6.07) is 12.3. The number of thiazole rings is 1. The zero-order valence-corrected chi connectivity index (χ0v) is 32.1. The smallest absolute Gasteiger partial charge is 0.321 e. The fraction of sp³-hybridized carbons (Fsp3) is 0.485. The molecule has 47 heavy (non-hydrogen) atoms. The van der Waals surface area contributed by atoms with Crippen LogP contribution in [-0.4, -0.2) is 88.9 Å². The van der Waals surface area contributed by atoms with Crippen LogP contribution in [0.3, 0.4) is 0 Å². The van der Waals surface area contributed by atoms with Crippen molar-refractivity contribution in [2.75, 3.05) is 26.2 Å². The maximum absolute atomic E-state index is 14.1. The van der Waals surface area contributed by atoms with E-state index in [0.717, 1.165) is 20.7 Å². The first-order chi connectivity index (χ1) is 22.2. The lowest BCUT2D eigenvalue weighted by Crippen LogP contribution is -2.57. The van der Waals surface area contributed by atoms with Gasteiger partial charge >= 0.3 is 6.03 Å². The number of rotatable bonds is 15. The molecule has 0 spiro atoms. The Morgan fingerprint density at radius 2 is 1.77 bits per heavy atom.